The SMILES string of the molecule is CCC[C@H](NC(=O)[C@@H]1CC2CCCCC2N1C(=O)[C@@H](NC(=O)[C@@H](NC(=O)c1cc([N+](=O)[O-])c[nH]1)C1CCCCC1)C(C)(C)C)C(=O)C(=O)NC1CC1. The lowest BCUT2D eigenvalue weighted by molar-refractivity contribution is -0.384. The zero-order valence-electron chi connectivity index (χ0n) is 30.8. The van der Waals surface area contributed by atoms with Gasteiger partial charge in [0.2, 0.25) is 23.5 Å². The Balaban J connectivity index is 1.38. The lowest BCUT2D eigenvalue weighted by atomic mass is 9.81. The molecule has 1 aliphatic heterocycles. The van der Waals surface area contributed by atoms with Gasteiger partial charge < -0.3 is 31.2 Å². The molecule has 15 nitrogen and oxygen atoms in total. The molecule has 1 saturated heterocycles. The van der Waals surface area contributed by atoms with Gasteiger partial charge in [0.15, 0.2) is 0 Å². The molecule has 5 rings (SSSR count). The largest absolute Gasteiger partial charge is 0.351 e. The summed E-state index contributed by atoms with van der Waals surface area (Å²) in [5, 5.41) is 22.6. The van der Waals surface area contributed by atoms with E-state index in [2.05, 4.69) is 26.3 Å². The van der Waals surface area contributed by atoms with Crippen molar-refractivity contribution in [1.82, 2.24) is 31.2 Å². The Morgan fingerprint density at radius 1 is 0.942 bits per heavy atom. The lowest BCUT2D eigenvalue weighted by Crippen LogP contribution is -2.63. The van der Waals surface area contributed by atoms with Crippen LogP contribution in [0, 0.1) is 27.4 Å². The number of Topliss-reactive ketones (excluding diaryl/α,β-unsaturated/α-hetero) is 1. The van der Waals surface area contributed by atoms with Crippen molar-refractivity contribution in [2.75, 3.05) is 0 Å². The summed E-state index contributed by atoms with van der Waals surface area (Å²) in [5.41, 5.74) is -1.13. The summed E-state index contributed by atoms with van der Waals surface area (Å²) in [4.78, 5) is 97.2. The molecule has 4 aliphatic rings. The molecule has 5 N–H and O–H groups in total. The Labute approximate surface area is 304 Å². The summed E-state index contributed by atoms with van der Waals surface area (Å²) >= 11 is 0. The third-order valence-electron chi connectivity index (χ3n) is 11.2. The molecule has 5 amide bonds. The van der Waals surface area contributed by atoms with E-state index in [1.165, 1.54) is 0 Å². The van der Waals surface area contributed by atoms with E-state index >= 15 is 0 Å². The fourth-order valence-electron chi connectivity index (χ4n) is 8.21. The molecule has 0 bridgehead atoms. The number of hydrogen-bond acceptors (Lipinski definition) is 8. The zero-order valence-corrected chi connectivity index (χ0v) is 30.8. The molecule has 1 aromatic rings. The van der Waals surface area contributed by atoms with Crippen LogP contribution in [0.3, 0.4) is 0 Å². The number of carbonyl (C=O) groups is 6. The number of nitrogens with zero attached hydrogens (tertiary/aromatic N) is 2. The molecular weight excluding hydrogens is 670 g/mol. The summed E-state index contributed by atoms with van der Waals surface area (Å²) in [5.74, 6) is -3.64. The van der Waals surface area contributed by atoms with Gasteiger partial charge >= 0.3 is 0 Å². The van der Waals surface area contributed by atoms with Gasteiger partial charge in [-0.15, -0.1) is 0 Å². The van der Waals surface area contributed by atoms with Crippen LogP contribution in [0.1, 0.15) is 128 Å². The van der Waals surface area contributed by atoms with Crippen molar-refractivity contribution in [2.45, 2.75) is 154 Å². The highest BCUT2D eigenvalue weighted by Gasteiger charge is 2.51. The topological polar surface area (TPSA) is 213 Å². The number of nitrogens with one attached hydrogen (secondary N) is 5. The molecule has 2 heterocycles. The number of fused-ring (bicyclic) bond motifs is 1. The predicted octanol–water partition coefficient (Wildman–Crippen LogP) is 3.42. The first-order valence-corrected chi connectivity index (χ1v) is 19.1. The number of likely N-dealkylation sites (tertiary alicyclic amines) is 1. The van der Waals surface area contributed by atoms with E-state index in [0.29, 0.717) is 32.1 Å². The zero-order chi connectivity index (χ0) is 37.7. The van der Waals surface area contributed by atoms with Crippen LogP contribution in [0.2, 0.25) is 0 Å². The molecule has 1 aromatic heterocycles. The van der Waals surface area contributed by atoms with Crippen LogP contribution in [0.25, 0.3) is 0 Å². The number of aromatic nitrogens is 1. The van der Waals surface area contributed by atoms with Gasteiger partial charge in [-0.2, -0.15) is 0 Å². The van der Waals surface area contributed by atoms with Gasteiger partial charge in [0.05, 0.1) is 17.2 Å². The van der Waals surface area contributed by atoms with Crippen molar-refractivity contribution in [3.63, 3.8) is 0 Å². The van der Waals surface area contributed by atoms with Crippen LogP contribution in [0.5, 0.6) is 0 Å². The van der Waals surface area contributed by atoms with Crippen molar-refractivity contribution in [2.24, 2.45) is 17.3 Å². The fourth-order valence-corrected chi connectivity index (χ4v) is 8.21. The highest BCUT2D eigenvalue weighted by Crippen LogP contribution is 2.41. The quantitative estimate of drug-likeness (QED) is 0.109. The Bertz CT molecular complexity index is 1530. The van der Waals surface area contributed by atoms with E-state index in [9.17, 15) is 38.9 Å². The summed E-state index contributed by atoms with van der Waals surface area (Å²) in [7, 11) is 0. The summed E-state index contributed by atoms with van der Waals surface area (Å²) in [6, 6.07) is -3.10. The Morgan fingerprint density at radius 2 is 1.62 bits per heavy atom. The maximum absolute atomic E-state index is 14.8. The third-order valence-corrected chi connectivity index (χ3v) is 11.2. The lowest BCUT2D eigenvalue weighted by Gasteiger charge is -2.40. The minimum atomic E-state index is -1.07. The average Bonchev–Trinajstić information content (AvgIpc) is 3.62. The molecule has 3 saturated carbocycles. The van der Waals surface area contributed by atoms with E-state index in [-0.39, 0.29) is 41.7 Å². The number of nitro groups is 1. The molecule has 2 unspecified atom stereocenters. The predicted molar refractivity (Wildman–Crippen MR) is 191 cm³/mol. The van der Waals surface area contributed by atoms with Gasteiger partial charge in [-0.05, 0) is 68.6 Å². The first-order valence-electron chi connectivity index (χ1n) is 19.1. The van der Waals surface area contributed by atoms with Gasteiger partial charge in [0.1, 0.15) is 23.8 Å². The second-order valence-electron chi connectivity index (χ2n) is 16.3. The normalized spacial score (nSPS) is 23.8. The van der Waals surface area contributed by atoms with Crippen molar-refractivity contribution in [3.8, 4) is 0 Å². The van der Waals surface area contributed by atoms with Crippen molar-refractivity contribution >= 4 is 41.0 Å². The van der Waals surface area contributed by atoms with Crippen molar-refractivity contribution < 1.29 is 33.7 Å². The minimum absolute atomic E-state index is 0.00835. The number of ketones is 1. The molecule has 0 spiro atoms. The van der Waals surface area contributed by atoms with Crippen LogP contribution in [0.15, 0.2) is 12.3 Å². The molecule has 0 radical (unpaired) electrons. The highest BCUT2D eigenvalue weighted by atomic mass is 16.6. The number of carbonyl (C=O) groups excluding carboxylic acids is 6. The maximum atomic E-state index is 14.8. The molecule has 6 atom stereocenters. The highest BCUT2D eigenvalue weighted by molar-refractivity contribution is 6.38. The van der Waals surface area contributed by atoms with Gasteiger partial charge in [-0.25, -0.2) is 0 Å². The van der Waals surface area contributed by atoms with Gasteiger partial charge in [0.25, 0.3) is 17.5 Å². The van der Waals surface area contributed by atoms with E-state index < -0.39 is 69.8 Å². The number of amides is 5. The average molecular weight is 726 g/mol. The molecule has 4 fully saturated rings. The maximum Gasteiger partial charge on any atom is 0.289 e. The van der Waals surface area contributed by atoms with E-state index in [1.807, 2.05) is 27.7 Å². The first-order chi connectivity index (χ1) is 24.7. The molecule has 286 valence electrons. The van der Waals surface area contributed by atoms with Crippen LogP contribution < -0.4 is 21.3 Å². The standard InChI is InChI=1S/C37H55N7O8/c1-5-11-25(30(45)35(49)39-23-16-17-23)40-33(47)28-18-22-14-9-10-15-27(22)43(28)36(50)31(37(2,3)4)42-34(48)29(21-12-7-6-8-13-21)41-32(46)26-19-24(20-38-26)44(51)52/h19-23,25,27-29,31,38H,5-18H2,1-4H3,(H,39,49)(H,40,47)(H,41,46)(H,42,48)/t22?,25-,27?,28-,29-,31+/m0/s1. The van der Waals surface area contributed by atoms with E-state index in [1.54, 1.807) is 4.90 Å². The molecule has 0 aromatic carbocycles. The molecule has 15 heteroatoms. The second-order valence-corrected chi connectivity index (χ2v) is 16.3. The van der Waals surface area contributed by atoms with Crippen LogP contribution in [-0.2, 0) is 24.0 Å². The fraction of sp³-hybridized carbons (Fsp3) is 0.730. The van der Waals surface area contributed by atoms with Crippen LogP contribution in [0.4, 0.5) is 5.69 Å². The number of hydrogen-bond donors (Lipinski definition) is 5. The number of rotatable bonds is 14. The van der Waals surface area contributed by atoms with Gasteiger partial charge in [-0.1, -0.05) is 66.2 Å². The van der Waals surface area contributed by atoms with Crippen molar-refractivity contribution in [3.05, 3.63) is 28.1 Å². The first kappa shape index (κ1) is 38.9. The molecule has 3 aliphatic carbocycles. The van der Waals surface area contributed by atoms with Gasteiger partial charge in [-0.3, -0.25) is 38.9 Å². The Kier molecular flexibility index (Phi) is 12.4. The third kappa shape index (κ3) is 9.19. The second kappa shape index (κ2) is 16.6. The van der Waals surface area contributed by atoms with Crippen molar-refractivity contribution in [1.29, 1.82) is 0 Å². The smallest absolute Gasteiger partial charge is 0.289 e. The minimum Gasteiger partial charge on any atom is -0.351 e. The number of H-pyrrole nitrogens is 1. The van der Waals surface area contributed by atoms with E-state index in [0.717, 1.165) is 63.6 Å². The summed E-state index contributed by atoms with van der Waals surface area (Å²) < 4.78 is 0. The number of aromatic amines is 1. The van der Waals surface area contributed by atoms with Gasteiger partial charge in [0, 0.05) is 18.2 Å². The summed E-state index contributed by atoms with van der Waals surface area (Å²) in [6.07, 6.45) is 11.5. The monoisotopic (exact) mass is 725 g/mol. The Hall–Kier alpha value is -4.30. The van der Waals surface area contributed by atoms with Crippen LogP contribution >= 0.6 is 0 Å². The Morgan fingerprint density at radius 3 is 2.23 bits per heavy atom. The molecule has 52 heavy (non-hydrogen) atoms. The molecular formula is C37H55N7O8. The van der Waals surface area contributed by atoms with E-state index in [4.69, 9.17) is 0 Å². The summed E-state index contributed by atoms with van der Waals surface area (Å²) in [6.45, 7) is 7.37. The van der Waals surface area contributed by atoms with Crippen LogP contribution in [-0.4, -0.2) is 86.4 Å².